The maximum absolute atomic E-state index is 6.11. The summed E-state index contributed by atoms with van der Waals surface area (Å²) in [4.78, 5) is 17.6. The van der Waals surface area contributed by atoms with Gasteiger partial charge in [-0.1, -0.05) is 6.07 Å². The molecule has 1 saturated carbocycles. The van der Waals surface area contributed by atoms with Crippen molar-refractivity contribution in [2.45, 2.75) is 26.2 Å². The highest BCUT2D eigenvalue weighted by molar-refractivity contribution is 5.72. The van der Waals surface area contributed by atoms with Gasteiger partial charge in [0.2, 0.25) is 11.8 Å². The standard InChI is InChI=1S/C21H22N4O2/c1-13-6-7-19(24-10-13)17-9-15(17)12-27-21-18(11-23-14(2)25-21)16-5-4-8-22-20(16)26-3/h4-8,10-11,15,17H,9,12H2,1-3H3/t15-,17+/m1/s1. The summed E-state index contributed by atoms with van der Waals surface area (Å²) >= 11 is 0. The fourth-order valence-corrected chi connectivity index (χ4v) is 3.18. The quantitative estimate of drug-likeness (QED) is 0.665. The molecule has 0 aromatic carbocycles. The maximum Gasteiger partial charge on any atom is 0.224 e. The van der Waals surface area contributed by atoms with Crippen LogP contribution in [0.25, 0.3) is 11.1 Å². The van der Waals surface area contributed by atoms with Gasteiger partial charge in [-0.2, -0.15) is 4.98 Å². The van der Waals surface area contributed by atoms with Crippen molar-refractivity contribution in [1.29, 1.82) is 0 Å². The van der Waals surface area contributed by atoms with Crippen molar-refractivity contribution >= 4 is 0 Å². The van der Waals surface area contributed by atoms with Crippen LogP contribution < -0.4 is 9.47 Å². The molecule has 3 aromatic rings. The smallest absolute Gasteiger partial charge is 0.224 e. The van der Waals surface area contributed by atoms with Gasteiger partial charge in [-0.3, -0.25) is 4.98 Å². The lowest BCUT2D eigenvalue weighted by Gasteiger charge is -2.12. The van der Waals surface area contributed by atoms with Crippen LogP contribution in [0.5, 0.6) is 11.8 Å². The zero-order valence-corrected chi connectivity index (χ0v) is 15.7. The first-order chi connectivity index (χ1) is 13.2. The van der Waals surface area contributed by atoms with Crippen molar-refractivity contribution in [1.82, 2.24) is 19.9 Å². The average Bonchev–Trinajstić information content (AvgIpc) is 3.47. The normalized spacial score (nSPS) is 18.2. The minimum absolute atomic E-state index is 0.458. The van der Waals surface area contributed by atoms with Crippen LogP contribution in [-0.4, -0.2) is 33.7 Å². The molecule has 27 heavy (non-hydrogen) atoms. The highest BCUT2D eigenvalue weighted by atomic mass is 16.5. The van der Waals surface area contributed by atoms with Gasteiger partial charge in [-0.25, -0.2) is 9.97 Å². The second-order valence-electron chi connectivity index (χ2n) is 6.87. The molecule has 0 N–H and O–H groups in total. The number of rotatable bonds is 6. The molecular formula is C21H22N4O2. The third-order valence-electron chi connectivity index (χ3n) is 4.80. The lowest BCUT2D eigenvalue weighted by molar-refractivity contribution is 0.285. The second kappa shape index (κ2) is 7.31. The summed E-state index contributed by atoms with van der Waals surface area (Å²) in [6, 6.07) is 8.02. The van der Waals surface area contributed by atoms with Crippen LogP contribution in [0.1, 0.15) is 29.4 Å². The van der Waals surface area contributed by atoms with E-state index in [1.807, 2.05) is 25.3 Å². The van der Waals surface area contributed by atoms with Crippen LogP contribution in [0.2, 0.25) is 0 Å². The highest BCUT2D eigenvalue weighted by Gasteiger charge is 2.40. The van der Waals surface area contributed by atoms with E-state index in [4.69, 9.17) is 9.47 Å². The van der Waals surface area contributed by atoms with Crippen molar-refractivity contribution in [3.8, 4) is 22.9 Å². The number of pyridine rings is 2. The zero-order valence-electron chi connectivity index (χ0n) is 15.7. The van der Waals surface area contributed by atoms with Gasteiger partial charge in [0, 0.05) is 36.1 Å². The summed E-state index contributed by atoms with van der Waals surface area (Å²) in [5.74, 6) is 2.69. The summed E-state index contributed by atoms with van der Waals surface area (Å²) in [5, 5.41) is 0. The number of nitrogens with zero attached hydrogens (tertiary/aromatic N) is 4. The molecule has 4 rings (SSSR count). The molecule has 2 atom stereocenters. The van der Waals surface area contributed by atoms with E-state index in [1.54, 1.807) is 19.5 Å². The van der Waals surface area contributed by atoms with Crippen LogP contribution in [0, 0.1) is 19.8 Å². The minimum atomic E-state index is 0.458. The van der Waals surface area contributed by atoms with E-state index < -0.39 is 0 Å². The number of aromatic nitrogens is 4. The Morgan fingerprint density at radius 1 is 1.00 bits per heavy atom. The van der Waals surface area contributed by atoms with Gasteiger partial charge in [0.1, 0.15) is 5.82 Å². The molecule has 138 valence electrons. The number of ether oxygens (including phenoxy) is 2. The van der Waals surface area contributed by atoms with Gasteiger partial charge in [0.05, 0.1) is 24.8 Å². The molecule has 0 saturated heterocycles. The molecule has 0 spiro atoms. The first kappa shape index (κ1) is 17.4. The summed E-state index contributed by atoms with van der Waals surface area (Å²) in [6.07, 6.45) is 6.47. The molecule has 0 radical (unpaired) electrons. The summed E-state index contributed by atoms with van der Waals surface area (Å²) < 4.78 is 11.5. The lowest BCUT2D eigenvalue weighted by Crippen LogP contribution is -2.06. The summed E-state index contributed by atoms with van der Waals surface area (Å²) in [7, 11) is 1.60. The average molecular weight is 362 g/mol. The van der Waals surface area contributed by atoms with Crippen LogP contribution in [0.4, 0.5) is 0 Å². The Hall–Kier alpha value is -3.02. The molecule has 1 fully saturated rings. The topological polar surface area (TPSA) is 70.0 Å². The number of methoxy groups -OCH3 is 1. The fraction of sp³-hybridized carbons (Fsp3) is 0.333. The predicted molar refractivity (Wildman–Crippen MR) is 102 cm³/mol. The van der Waals surface area contributed by atoms with E-state index in [9.17, 15) is 0 Å². The third-order valence-corrected chi connectivity index (χ3v) is 4.80. The number of hydrogen-bond donors (Lipinski definition) is 0. The van der Waals surface area contributed by atoms with E-state index in [1.165, 1.54) is 5.56 Å². The van der Waals surface area contributed by atoms with E-state index >= 15 is 0 Å². The molecule has 1 aliphatic rings. The van der Waals surface area contributed by atoms with Crippen LogP contribution >= 0.6 is 0 Å². The highest BCUT2D eigenvalue weighted by Crippen LogP contribution is 2.47. The van der Waals surface area contributed by atoms with Gasteiger partial charge in [0.15, 0.2) is 0 Å². The molecule has 3 heterocycles. The molecule has 0 aliphatic heterocycles. The van der Waals surface area contributed by atoms with Crippen LogP contribution in [0.3, 0.4) is 0 Å². The Bertz CT molecular complexity index is 943. The number of aryl methyl sites for hydroxylation is 2. The lowest BCUT2D eigenvalue weighted by atomic mass is 10.1. The first-order valence-corrected chi connectivity index (χ1v) is 9.04. The van der Waals surface area contributed by atoms with E-state index in [-0.39, 0.29) is 0 Å². The minimum Gasteiger partial charge on any atom is -0.481 e. The number of hydrogen-bond acceptors (Lipinski definition) is 6. The Kier molecular flexibility index (Phi) is 4.71. The van der Waals surface area contributed by atoms with Crippen LogP contribution in [-0.2, 0) is 0 Å². The molecular weight excluding hydrogens is 340 g/mol. The molecule has 6 nitrogen and oxygen atoms in total. The molecule has 1 aliphatic carbocycles. The zero-order chi connectivity index (χ0) is 18.8. The predicted octanol–water partition coefficient (Wildman–Crippen LogP) is 3.74. The molecule has 0 unspecified atom stereocenters. The summed E-state index contributed by atoms with van der Waals surface area (Å²) in [6.45, 7) is 4.51. The van der Waals surface area contributed by atoms with Gasteiger partial charge in [0.25, 0.3) is 0 Å². The van der Waals surface area contributed by atoms with Crippen molar-refractivity contribution in [2.75, 3.05) is 13.7 Å². The van der Waals surface area contributed by atoms with Crippen molar-refractivity contribution in [3.05, 3.63) is 59.9 Å². The largest absolute Gasteiger partial charge is 0.481 e. The third kappa shape index (κ3) is 3.74. The second-order valence-corrected chi connectivity index (χ2v) is 6.87. The summed E-state index contributed by atoms with van der Waals surface area (Å²) in [5.41, 5.74) is 3.93. The Morgan fingerprint density at radius 2 is 1.89 bits per heavy atom. The Labute approximate surface area is 158 Å². The Balaban J connectivity index is 1.51. The Morgan fingerprint density at radius 3 is 2.67 bits per heavy atom. The van der Waals surface area contributed by atoms with Gasteiger partial charge in [-0.15, -0.1) is 0 Å². The SMILES string of the molecule is COc1ncccc1-c1cnc(C)nc1OC[C@H]1C[C@@H]1c1ccc(C)cn1. The molecule has 0 amide bonds. The van der Waals surface area contributed by atoms with Crippen molar-refractivity contribution in [2.24, 2.45) is 5.92 Å². The molecule has 6 heteroatoms. The van der Waals surface area contributed by atoms with Crippen LogP contribution in [0.15, 0.2) is 42.9 Å². The van der Waals surface area contributed by atoms with Gasteiger partial charge < -0.3 is 9.47 Å². The van der Waals surface area contributed by atoms with E-state index in [0.29, 0.717) is 36.0 Å². The van der Waals surface area contributed by atoms with Crippen molar-refractivity contribution in [3.63, 3.8) is 0 Å². The van der Waals surface area contributed by atoms with Crippen molar-refractivity contribution < 1.29 is 9.47 Å². The molecule has 0 bridgehead atoms. The maximum atomic E-state index is 6.11. The van der Waals surface area contributed by atoms with Gasteiger partial charge >= 0.3 is 0 Å². The monoisotopic (exact) mass is 362 g/mol. The first-order valence-electron chi connectivity index (χ1n) is 9.04. The van der Waals surface area contributed by atoms with E-state index in [2.05, 4.69) is 39.0 Å². The van der Waals surface area contributed by atoms with Gasteiger partial charge in [-0.05, 0) is 44.0 Å². The molecule has 3 aromatic heterocycles. The fourth-order valence-electron chi connectivity index (χ4n) is 3.18. The van der Waals surface area contributed by atoms with E-state index in [0.717, 1.165) is 23.2 Å².